The van der Waals surface area contributed by atoms with E-state index in [0.29, 0.717) is 0 Å². The Balaban J connectivity index is 1.59. The molecule has 1 N–H and O–H groups in total. The van der Waals surface area contributed by atoms with Crippen LogP contribution in [0.5, 0.6) is 5.88 Å². The summed E-state index contributed by atoms with van der Waals surface area (Å²) in [5.74, 6) is 0.736. The molecule has 1 aliphatic carbocycles. The molecule has 2 aromatic heterocycles. The van der Waals surface area contributed by atoms with Crippen molar-refractivity contribution < 1.29 is 4.74 Å². The molecule has 19 heavy (non-hydrogen) atoms. The minimum absolute atomic E-state index is 0.736. The smallest absolute Gasteiger partial charge is 0.237 e. The molecule has 4 nitrogen and oxygen atoms in total. The standard InChI is InChI=1S/C14H19N3OS/c1-18-13-12(17-8-9-19-14(17)16-13)10-15-7-6-11-4-2-3-5-11/h4,8-9,15H,2-3,5-7,10H2,1H3. The summed E-state index contributed by atoms with van der Waals surface area (Å²) in [6, 6.07) is 0. The molecule has 0 amide bonds. The van der Waals surface area contributed by atoms with Crippen LogP contribution >= 0.6 is 11.3 Å². The summed E-state index contributed by atoms with van der Waals surface area (Å²) in [4.78, 5) is 5.45. The summed E-state index contributed by atoms with van der Waals surface area (Å²) in [6.07, 6.45) is 9.48. The highest BCUT2D eigenvalue weighted by atomic mass is 32.1. The van der Waals surface area contributed by atoms with Crippen molar-refractivity contribution in [3.63, 3.8) is 0 Å². The van der Waals surface area contributed by atoms with Gasteiger partial charge in [0.2, 0.25) is 5.88 Å². The lowest BCUT2D eigenvalue weighted by Gasteiger charge is -2.06. The number of methoxy groups -OCH3 is 1. The number of thiazole rings is 1. The first-order valence-corrected chi connectivity index (χ1v) is 7.63. The monoisotopic (exact) mass is 277 g/mol. The van der Waals surface area contributed by atoms with E-state index in [9.17, 15) is 0 Å². The van der Waals surface area contributed by atoms with E-state index in [1.54, 1.807) is 24.0 Å². The second-order valence-electron chi connectivity index (χ2n) is 4.80. The Kier molecular flexibility index (Phi) is 3.84. The first-order valence-electron chi connectivity index (χ1n) is 6.75. The normalized spacial score (nSPS) is 15.1. The summed E-state index contributed by atoms with van der Waals surface area (Å²) in [7, 11) is 1.68. The number of ether oxygens (including phenoxy) is 1. The molecule has 2 heterocycles. The summed E-state index contributed by atoms with van der Waals surface area (Å²) in [6.45, 7) is 1.82. The summed E-state index contributed by atoms with van der Waals surface area (Å²) in [5, 5.41) is 5.54. The minimum Gasteiger partial charge on any atom is -0.480 e. The summed E-state index contributed by atoms with van der Waals surface area (Å²) >= 11 is 1.63. The zero-order valence-corrected chi connectivity index (χ0v) is 12.0. The van der Waals surface area contributed by atoms with Gasteiger partial charge in [0.25, 0.3) is 0 Å². The number of hydrogen-bond acceptors (Lipinski definition) is 4. The lowest BCUT2D eigenvalue weighted by atomic mass is 10.2. The number of rotatable bonds is 6. The van der Waals surface area contributed by atoms with Crippen LogP contribution in [-0.2, 0) is 6.54 Å². The molecule has 0 spiro atoms. The van der Waals surface area contributed by atoms with Crippen LogP contribution in [0.25, 0.3) is 4.96 Å². The number of aromatic nitrogens is 2. The van der Waals surface area contributed by atoms with E-state index >= 15 is 0 Å². The molecule has 2 aromatic rings. The highest BCUT2D eigenvalue weighted by Gasteiger charge is 2.13. The molecular formula is C14H19N3OS. The van der Waals surface area contributed by atoms with Gasteiger partial charge in [0.1, 0.15) is 5.69 Å². The number of allylic oxidation sites excluding steroid dienone is 1. The molecule has 3 rings (SSSR count). The molecule has 0 radical (unpaired) electrons. The SMILES string of the molecule is COc1nc2sccn2c1CNCCC1=CCCC1. The van der Waals surface area contributed by atoms with E-state index < -0.39 is 0 Å². The van der Waals surface area contributed by atoms with Crippen molar-refractivity contribution in [1.29, 1.82) is 0 Å². The maximum Gasteiger partial charge on any atom is 0.237 e. The van der Waals surface area contributed by atoms with Crippen molar-refractivity contribution in [3.8, 4) is 5.88 Å². The van der Waals surface area contributed by atoms with Crippen molar-refractivity contribution in [2.75, 3.05) is 13.7 Å². The highest BCUT2D eigenvalue weighted by molar-refractivity contribution is 7.15. The van der Waals surface area contributed by atoms with Crippen LogP contribution in [0.2, 0.25) is 0 Å². The van der Waals surface area contributed by atoms with Gasteiger partial charge in [0, 0.05) is 18.1 Å². The van der Waals surface area contributed by atoms with Crippen LogP contribution in [0, 0.1) is 0 Å². The third-order valence-electron chi connectivity index (χ3n) is 3.57. The van der Waals surface area contributed by atoms with E-state index in [2.05, 4.69) is 26.2 Å². The Bertz CT molecular complexity index is 585. The quantitative estimate of drug-likeness (QED) is 0.651. The van der Waals surface area contributed by atoms with E-state index in [1.165, 1.54) is 19.3 Å². The van der Waals surface area contributed by atoms with Crippen molar-refractivity contribution in [2.24, 2.45) is 0 Å². The summed E-state index contributed by atoms with van der Waals surface area (Å²) in [5.41, 5.74) is 2.72. The fraction of sp³-hybridized carbons (Fsp3) is 0.500. The number of fused-ring (bicyclic) bond motifs is 1. The van der Waals surface area contributed by atoms with Gasteiger partial charge >= 0.3 is 0 Å². The molecule has 0 saturated heterocycles. The highest BCUT2D eigenvalue weighted by Crippen LogP contribution is 2.23. The third kappa shape index (κ3) is 2.67. The molecule has 0 unspecified atom stereocenters. The van der Waals surface area contributed by atoms with Crippen LogP contribution in [-0.4, -0.2) is 23.0 Å². The van der Waals surface area contributed by atoms with Gasteiger partial charge in [0.05, 0.1) is 7.11 Å². The van der Waals surface area contributed by atoms with Crippen molar-refractivity contribution in [1.82, 2.24) is 14.7 Å². The Labute approximate surface area is 117 Å². The maximum absolute atomic E-state index is 5.34. The van der Waals surface area contributed by atoms with E-state index in [-0.39, 0.29) is 0 Å². The zero-order chi connectivity index (χ0) is 13.1. The van der Waals surface area contributed by atoms with Crippen LogP contribution in [0.1, 0.15) is 31.4 Å². The minimum atomic E-state index is 0.736. The zero-order valence-electron chi connectivity index (χ0n) is 11.2. The molecule has 102 valence electrons. The molecule has 1 aliphatic rings. The second kappa shape index (κ2) is 5.75. The topological polar surface area (TPSA) is 38.6 Å². The van der Waals surface area contributed by atoms with Gasteiger partial charge in [0.15, 0.2) is 4.96 Å². The molecule has 0 aromatic carbocycles. The molecule has 0 aliphatic heterocycles. The predicted octanol–water partition coefficient (Wildman–Crippen LogP) is 2.99. The van der Waals surface area contributed by atoms with Crippen molar-refractivity contribution in [3.05, 3.63) is 28.9 Å². The average Bonchev–Trinajstić information content (AvgIpc) is 3.12. The van der Waals surface area contributed by atoms with Gasteiger partial charge in [-0.3, -0.25) is 4.40 Å². The average molecular weight is 277 g/mol. The van der Waals surface area contributed by atoms with Crippen LogP contribution in [0.3, 0.4) is 0 Å². The van der Waals surface area contributed by atoms with Crippen LogP contribution in [0.4, 0.5) is 0 Å². The molecule has 5 heteroatoms. The van der Waals surface area contributed by atoms with Gasteiger partial charge in [-0.15, -0.1) is 11.3 Å². The Hall–Kier alpha value is -1.33. The van der Waals surface area contributed by atoms with Gasteiger partial charge in [-0.2, -0.15) is 4.98 Å². The van der Waals surface area contributed by atoms with Gasteiger partial charge in [-0.1, -0.05) is 11.6 Å². The Morgan fingerprint density at radius 1 is 1.53 bits per heavy atom. The van der Waals surface area contributed by atoms with Crippen molar-refractivity contribution >= 4 is 16.3 Å². The number of nitrogens with zero attached hydrogens (tertiary/aromatic N) is 2. The van der Waals surface area contributed by atoms with E-state index in [1.807, 2.05) is 6.20 Å². The second-order valence-corrected chi connectivity index (χ2v) is 5.68. The lowest BCUT2D eigenvalue weighted by molar-refractivity contribution is 0.393. The third-order valence-corrected chi connectivity index (χ3v) is 4.32. The van der Waals surface area contributed by atoms with Crippen LogP contribution in [0.15, 0.2) is 23.2 Å². The van der Waals surface area contributed by atoms with Gasteiger partial charge < -0.3 is 10.1 Å². The number of nitrogens with one attached hydrogen (secondary N) is 1. The molecule has 0 bridgehead atoms. The van der Waals surface area contributed by atoms with Crippen molar-refractivity contribution in [2.45, 2.75) is 32.2 Å². The fourth-order valence-corrected chi connectivity index (χ4v) is 3.28. The van der Waals surface area contributed by atoms with Crippen LogP contribution < -0.4 is 10.1 Å². The van der Waals surface area contributed by atoms with E-state index in [0.717, 1.165) is 36.0 Å². The largest absolute Gasteiger partial charge is 0.480 e. The van der Waals surface area contributed by atoms with Gasteiger partial charge in [-0.05, 0) is 32.2 Å². The summed E-state index contributed by atoms with van der Waals surface area (Å²) < 4.78 is 7.45. The molecule has 0 atom stereocenters. The molecular weight excluding hydrogens is 258 g/mol. The fourth-order valence-electron chi connectivity index (χ4n) is 2.56. The first-order chi connectivity index (χ1) is 9.38. The first kappa shape index (κ1) is 12.7. The number of imidazole rings is 1. The van der Waals surface area contributed by atoms with Gasteiger partial charge in [-0.25, -0.2) is 0 Å². The Morgan fingerprint density at radius 2 is 2.47 bits per heavy atom. The predicted molar refractivity (Wildman–Crippen MR) is 77.9 cm³/mol. The van der Waals surface area contributed by atoms with E-state index in [4.69, 9.17) is 4.74 Å². The maximum atomic E-state index is 5.34. The lowest BCUT2D eigenvalue weighted by Crippen LogP contribution is -2.16. The molecule has 0 saturated carbocycles. The number of hydrogen-bond donors (Lipinski definition) is 1. The Morgan fingerprint density at radius 3 is 3.26 bits per heavy atom. The molecule has 0 fully saturated rings.